The van der Waals surface area contributed by atoms with Gasteiger partial charge in [0.2, 0.25) is 5.91 Å². The minimum Gasteiger partial charge on any atom is -0.351 e. The van der Waals surface area contributed by atoms with Gasteiger partial charge in [-0.15, -0.1) is 0 Å². The molecule has 0 fully saturated rings. The first-order valence-corrected chi connectivity index (χ1v) is 4.29. The fourth-order valence-corrected chi connectivity index (χ4v) is 0.738. The van der Waals surface area contributed by atoms with Gasteiger partial charge in [0.25, 0.3) is 0 Å². The molecule has 3 heteroatoms. The molecule has 0 aliphatic rings. The Hall–Kier alpha value is -0.830. The van der Waals surface area contributed by atoms with Crippen LogP contribution in [0.3, 0.4) is 0 Å². The summed E-state index contributed by atoms with van der Waals surface area (Å²) < 4.78 is 0. The van der Waals surface area contributed by atoms with Gasteiger partial charge in [0, 0.05) is 13.1 Å². The number of nitrogens with zero attached hydrogens (tertiary/aromatic N) is 1. The number of carbonyl (C=O) groups is 1. The minimum absolute atomic E-state index is 0.0120. The van der Waals surface area contributed by atoms with E-state index >= 15 is 0 Å². The van der Waals surface area contributed by atoms with Crippen LogP contribution in [0, 0.1) is 0 Å². The Morgan fingerprint density at radius 1 is 1.58 bits per heavy atom. The second-order valence-electron chi connectivity index (χ2n) is 2.69. The van der Waals surface area contributed by atoms with Crippen molar-refractivity contribution in [1.82, 2.24) is 10.2 Å². The molecule has 0 aliphatic carbocycles. The summed E-state index contributed by atoms with van der Waals surface area (Å²) in [5.41, 5.74) is 0. The topological polar surface area (TPSA) is 32.3 Å². The molecule has 0 aromatic carbocycles. The molecule has 70 valence electrons. The van der Waals surface area contributed by atoms with Gasteiger partial charge >= 0.3 is 0 Å². The van der Waals surface area contributed by atoms with Crippen molar-refractivity contribution >= 4 is 5.91 Å². The van der Waals surface area contributed by atoms with Crippen LogP contribution in [0.1, 0.15) is 13.8 Å². The van der Waals surface area contributed by atoms with Crippen molar-refractivity contribution in [2.24, 2.45) is 0 Å². The van der Waals surface area contributed by atoms with Crippen molar-refractivity contribution in [3.63, 3.8) is 0 Å². The van der Waals surface area contributed by atoms with Crippen molar-refractivity contribution in [3.8, 4) is 0 Å². The van der Waals surface area contributed by atoms with Gasteiger partial charge in [-0.1, -0.05) is 13.0 Å². The number of hydrogen-bond acceptors (Lipinski definition) is 2. The summed E-state index contributed by atoms with van der Waals surface area (Å²) in [5, 5.41) is 2.78. The van der Waals surface area contributed by atoms with E-state index in [1.165, 1.54) is 6.08 Å². The van der Waals surface area contributed by atoms with Crippen molar-refractivity contribution in [2.75, 3.05) is 26.7 Å². The van der Waals surface area contributed by atoms with Gasteiger partial charge in [0.05, 0.1) is 0 Å². The first kappa shape index (κ1) is 11.2. The summed E-state index contributed by atoms with van der Waals surface area (Å²) in [6.45, 7) is 6.55. The number of nitrogens with one attached hydrogen (secondary N) is 1. The summed E-state index contributed by atoms with van der Waals surface area (Å²) >= 11 is 0. The standard InChI is InChI=1S/C9H18N2O/c1-4-6-9(12)10-7-8-11(3)5-2/h4,6H,5,7-8H2,1-3H3,(H,10,12)/b6-4+. The van der Waals surface area contributed by atoms with Crippen LogP contribution in [0.25, 0.3) is 0 Å². The molecule has 3 nitrogen and oxygen atoms in total. The number of likely N-dealkylation sites (N-methyl/N-ethyl adjacent to an activating group) is 1. The molecule has 1 N–H and O–H groups in total. The smallest absolute Gasteiger partial charge is 0.243 e. The Labute approximate surface area is 74.4 Å². The molecule has 1 amide bonds. The van der Waals surface area contributed by atoms with Crippen LogP contribution in [-0.2, 0) is 4.79 Å². The SMILES string of the molecule is C/C=C/C(=O)NCCN(C)CC. The van der Waals surface area contributed by atoms with Crippen LogP contribution in [0.15, 0.2) is 12.2 Å². The van der Waals surface area contributed by atoms with Gasteiger partial charge in [0.1, 0.15) is 0 Å². The molecule has 0 rings (SSSR count). The number of hydrogen-bond donors (Lipinski definition) is 1. The normalized spacial score (nSPS) is 11.0. The number of carbonyl (C=O) groups excluding carboxylic acids is 1. The third-order valence-corrected chi connectivity index (χ3v) is 1.65. The minimum atomic E-state index is -0.0120. The predicted molar refractivity (Wildman–Crippen MR) is 51.0 cm³/mol. The van der Waals surface area contributed by atoms with Crippen LogP contribution in [0.2, 0.25) is 0 Å². The molecule has 0 radical (unpaired) electrons. The Morgan fingerprint density at radius 3 is 2.75 bits per heavy atom. The van der Waals surface area contributed by atoms with E-state index in [0.29, 0.717) is 6.54 Å². The lowest BCUT2D eigenvalue weighted by molar-refractivity contribution is -0.116. The van der Waals surface area contributed by atoms with Crippen LogP contribution in [0.5, 0.6) is 0 Å². The lowest BCUT2D eigenvalue weighted by Crippen LogP contribution is -2.31. The predicted octanol–water partition coefficient (Wildman–Crippen LogP) is 0.630. The molecule has 0 saturated carbocycles. The van der Waals surface area contributed by atoms with E-state index in [9.17, 15) is 4.79 Å². The fraction of sp³-hybridized carbons (Fsp3) is 0.667. The highest BCUT2D eigenvalue weighted by Crippen LogP contribution is 1.78. The molecule has 0 aromatic rings. The highest BCUT2D eigenvalue weighted by atomic mass is 16.1. The highest BCUT2D eigenvalue weighted by molar-refractivity contribution is 5.87. The van der Waals surface area contributed by atoms with E-state index in [1.54, 1.807) is 6.08 Å². The molecule has 0 aliphatic heterocycles. The van der Waals surface area contributed by atoms with Crippen molar-refractivity contribution in [1.29, 1.82) is 0 Å². The molecule has 0 bridgehead atoms. The zero-order valence-electron chi connectivity index (χ0n) is 8.13. The summed E-state index contributed by atoms with van der Waals surface area (Å²) in [7, 11) is 2.03. The molecule has 0 spiro atoms. The number of allylic oxidation sites excluding steroid dienone is 1. The Morgan fingerprint density at radius 2 is 2.25 bits per heavy atom. The molecule has 0 aromatic heterocycles. The zero-order valence-corrected chi connectivity index (χ0v) is 8.13. The van der Waals surface area contributed by atoms with Gasteiger partial charge in [-0.3, -0.25) is 4.79 Å². The number of amides is 1. The summed E-state index contributed by atoms with van der Waals surface area (Å²) in [5.74, 6) is -0.0120. The molecule has 0 unspecified atom stereocenters. The first-order chi connectivity index (χ1) is 5.70. The summed E-state index contributed by atoms with van der Waals surface area (Å²) in [6.07, 6.45) is 3.27. The summed E-state index contributed by atoms with van der Waals surface area (Å²) in [6, 6.07) is 0. The maximum atomic E-state index is 10.9. The van der Waals surface area contributed by atoms with Crippen molar-refractivity contribution in [2.45, 2.75) is 13.8 Å². The van der Waals surface area contributed by atoms with Crippen LogP contribution < -0.4 is 5.32 Å². The van der Waals surface area contributed by atoms with Gasteiger partial charge < -0.3 is 10.2 Å². The van der Waals surface area contributed by atoms with Gasteiger partial charge in [0.15, 0.2) is 0 Å². The largest absolute Gasteiger partial charge is 0.351 e. The quantitative estimate of drug-likeness (QED) is 0.614. The van der Waals surface area contributed by atoms with E-state index in [4.69, 9.17) is 0 Å². The van der Waals surface area contributed by atoms with Gasteiger partial charge in [-0.05, 0) is 26.6 Å². The van der Waals surface area contributed by atoms with Crippen molar-refractivity contribution in [3.05, 3.63) is 12.2 Å². The average Bonchev–Trinajstić information content (AvgIpc) is 2.04. The second kappa shape index (κ2) is 6.85. The fourth-order valence-electron chi connectivity index (χ4n) is 0.738. The molecule has 0 saturated heterocycles. The lowest BCUT2D eigenvalue weighted by atomic mass is 10.4. The average molecular weight is 170 g/mol. The van der Waals surface area contributed by atoms with E-state index < -0.39 is 0 Å². The maximum absolute atomic E-state index is 10.9. The maximum Gasteiger partial charge on any atom is 0.243 e. The lowest BCUT2D eigenvalue weighted by Gasteiger charge is -2.13. The Kier molecular flexibility index (Phi) is 6.38. The number of rotatable bonds is 5. The third-order valence-electron chi connectivity index (χ3n) is 1.65. The summed E-state index contributed by atoms with van der Waals surface area (Å²) in [4.78, 5) is 13.0. The van der Waals surface area contributed by atoms with E-state index in [0.717, 1.165) is 13.1 Å². The first-order valence-electron chi connectivity index (χ1n) is 4.29. The van der Waals surface area contributed by atoms with E-state index in [2.05, 4.69) is 17.1 Å². The molecule has 0 atom stereocenters. The highest BCUT2D eigenvalue weighted by Gasteiger charge is 1.95. The Bertz CT molecular complexity index is 155. The van der Waals surface area contributed by atoms with Gasteiger partial charge in [-0.25, -0.2) is 0 Å². The Balaban J connectivity index is 3.37. The van der Waals surface area contributed by atoms with Crippen molar-refractivity contribution < 1.29 is 4.79 Å². The molecular formula is C9H18N2O. The second-order valence-corrected chi connectivity index (χ2v) is 2.69. The van der Waals surface area contributed by atoms with Crippen LogP contribution in [-0.4, -0.2) is 37.5 Å². The van der Waals surface area contributed by atoms with Crippen LogP contribution in [0.4, 0.5) is 0 Å². The molecule has 0 heterocycles. The van der Waals surface area contributed by atoms with E-state index in [-0.39, 0.29) is 5.91 Å². The monoisotopic (exact) mass is 170 g/mol. The molecule has 12 heavy (non-hydrogen) atoms. The van der Waals surface area contributed by atoms with E-state index in [1.807, 2.05) is 14.0 Å². The molecular weight excluding hydrogens is 152 g/mol. The van der Waals surface area contributed by atoms with Gasteiger partial charge in [-0.2, -0.15) is 0 Å². The third kappa shape index (κ3) is 5.92. The zero-order chi connectivity index (χ0) is 9.40. The van der Waals surface area contributed by atoms with Crippen LogP contribution >= 0.6 is 0 Å².